The molecular weight excluding hydrogens is 360 g/mol. The van der Waals surface area contributed by atoms with Gasteiger partial charge in [-0.15, -0.1) is 0 Å². The van der Waals surface area contributed by atoms with Crippen molar-refractivity contribution < 1.29 is 9.59 Å². The molecule has 160 valence electrons. The number of hydrogen-bond donors (Lipinski definition) is 2. The Bertz CT molecular complexity index is 628. The van der Waals surface area contributed by atoms with E-state index in [4.69, 9.17) is 0 Å². The van der Waals surface area contributed by atoms with E-state index in [1.165, 1.54) is 57.8 Å². The van der Waals surface area contributed by atoms with Gasteiger partial charge in [0.25, 0.3) is 0 Å². The highest BCUT2D eigenvalue weighted by Gasteiger charge is 2.54. The van der Waals surface area contributed by atoms with Crippen LogP contribution in [0.2, 0.25) is 0 Å². The number of carbonyl (C=O) groups excluding carboxylic acids is 2. The molecule has 4 nitrogen and oxygen atoms in total. The van der Waals surface area contributed by atoms with Crippen molar-refractivity contribution >= 4 is 11.8 Å². The van der Waals surface area contributed by atoms with Crippen molar-refractivity contribution in [2.24, 2.45) is 40.9 Å². The maximum absolute atomic E-state index is 13.0. The lowest BCUT2D eigenvalue weighted by Crippen LogP contribution is -2.59. The second-order valence-corrected chi connectivity index (χ2v) is 12.3. The molecule has 0 aromatic rings. The number of carbonyl (C=O) groups is 2. The van der Waals surface area contributed by atoms with Gasteiger partial charge in [0.2, 0.25) is 11.8 Å². The molecule has 0 aromatic heterocycles. The summed E-state index contributed by atoms with van der Waals surface area (Å²) in [6.45, 7) is 0.662. The minimum absolute atomic E-state index is 0.0593. The zero-order valence-corrected chi connectivity index (χ0v) is 17.9. The van der Waals surface area contributed by atoms with Crippen molar-refractivity contribution in [3.63, 3.8) is 0 Å². The summed E-state index contributed by atoms with van der Waals surface area (Å²) in [5, 5.41) is 6.71. The lowest BCUT2D eigenvalue weighted by atomic mass is 9.49. The van der Waals surface area contributed by atoms with Gasteiger partial charge in [-0.3, -0.25) is 9.59 Å². The van der Waals surface area contributed by atoms with Gasteiger partial charge in [-0.05, 0) is 119 Å². The van der Waals surface area contributed by atoms with E-state index in [1.807, 2.05) is 0 Å². The molecule has 0 atom stereocenters. The van der Waals surface area contributed by atoms with Crippen LogP contribution in [0.1, 0.15) is 89.9 Å². The maximum atomic E-state index is 13.0. The first-order valence-corrected chi connectivity index (χ1v) is 12.6. The summed E-state index contributed by atoms with van der Waals surface area (Å²) >= 11 is 0. The van der Waals surface area contributed by atoms with Crippen LogP contribution in [0, 0.1) is 40.9 Å². The predicted octanol–water partition coefficient (Wildman–Crippen LogP) is 4.18. The normalized spacial score (nSPS) is 48.7. The average molecular weight is 399 g/mol. The molecule has 8 aliphatic rings. The van der Waals surface area contributed by atoms with E-state index in [-0.39, 0.29) is 16.9 Å². The van der Waals surface area contributed by atoms with Gasteiger partial charge in [0, 0.05) is 23.9 Å². The van der Waals surface area contributed by atoms with Gasteiger partial charge in [0.15, 0.2) is 0 Å². The van der Waals surface area contributed by atoms with Crippen molar-refractivity contribution in [1.82, 2.24) is 10.6 Å². The van der Waals surface area contributed by atoms with E-state index < -0.39 is 0 Å². The highest BCUT2D eigenvalue weighted by molar-refractivity contribution is 5.83. The largest absolute Gasteiger partial charge is 0.356 e. The molecule has 0 aliphatic heterocycles. The highest BCUT2D eigenvalue weighted by atomic mass is 16.2. The molecule has 8 bridgehead atoms. The van der Waals surface area contributed by atoms with E-state index in [2.05, 4.69) is 10.6 Å². The van der Waals surface area contributed by atoms with E-state index in [9.17, 15) is 9.59 Å². The second-order valence-electron chi connectivity index (χ2n) is 12.3. The topological polar surface area (TPSA) is 58.2 Å². The van der Waals surface area contributed by atoms with Gasteiger partial charge in [-0.1, -0.05) is 0 Å². The lowest BCUT2D eigenvalue weighted by Gasteiger charge is -2.57. The summed E-state index contributed by atoms with van der Waals surface area (Å²) < 4.78 is 0. The SMILES string of the molecule is O=C(CCCNC(=O)C12CC3CC(CC(C3)C1)C2)NC12CC3CC(CC(C3)C1)C2. The number of nitrogens with one attached hydrogen (secondary N) is 2. The zero-order valence-electron chi connectivity index (χ0n) is 17.9. The fraction of sp³-hybridized carbons (Fsp3) is 0.920. The Kier molecular flexibility index (Phi) is 4.33. The molecular formula is C25H38N2O2. The summed E-state index contributed by atoms with van der Waals surface area (Å²) in [5.74, 6) is 5.52. The van der Waals surface area contributed by atoms with Gasteiger partial charge in [0.05, 0.1) is 0 Å². The predicted molar refractivity (Wildman–Crippen MR) is 112 cm³/mol. The molecule has 2 N–H and O–H groups in total. The van der Waals surface area contributed by atoms with E-state index >= 15 is 0 Å². The van der Waals surface area contributed by atoms with Crippen molar-refractivity contribution in [3.8, 4) is 0 Å². The zero-order chi connectivity index (χ0) is 19.6. The third-order valence-corrected chi connectivity index (χ3v) is 9.83. The van der Waals surface area contributed by atoms with Crippen molar-refractivity contribution in [1.29, 1.82) is 0 Å². The third-order valence-electron chi connectivity index (χ3n) is 9.83. The molecule has 8 saturated carbocycles. The molecule has 4 heteroatoms. The fourth-order valence-electron chi connectivity index (χ4n) is 9.65. The van der Waals surface area contributed by atoms with Crippen LogP contribution in [-0.2, 0) is 9.59 Å². The van der Waals surface area contributed by atoms with Gasteiger partial charge in [0.1, 0.15) is 0 Å². The first-order valence-electron chi connectivity index (χ1n) is 12.6. The van der Waals surface area contributed by atoms with Gasteiger partial charge in [-0.25, -0.2) is 0 Å². The summed E-state index contributed by atoms with van der Waals surface area (Å²) in [6, 6.07) is 0. The summed E-state index contributed by atoms with van der Waals surface area (Å²) in [7, 11) is 0. The Labute approximate surface area is 175 Å². The Balaban J connectivity index is 0.972. The van der Waals surface area contributed by atoms with Crippen LogP contribution in [0.25, 0.3) is 0 Å². The van der Waals surface area contributed by atoms with Crippen LogP contribution >= 0.6 is 0 Å². The van der Waals surface area contributed by atoms with Crippen molar-refractivity contribution in [2.75, 3.05) is 6.54 Å². The molecule has 0 saturated heterocycles. The molecule has 0 radical (unpaired) electrons. The van der Waals surface area contributed by atoms with Crippen LogP contribution < -0.4 is 10.6 Å². The molecule has 8 fully saturated rings. The maximum Gasteiger partial charge on any atom is 0.226 e. The molecule has 0 aromatic carbocycles. The van der Waals surface area contributed by atoms with E-state index in [0.717, 1.165) is 61.2 Å². The smallest absolute Gasteiger partial charge is 0.226 e. The van der Waals surface area contributed by atoms with Crippen LogP contribution in [0.3, 0.4) is 0 Å². The van der Waals surface area contributed by atoms with Crippen molar-refractivity contribution in [2.45, 2.75) is 95.4 Å². The van der Waals surface area contributed by atoms with Crippen LogP contribution in [0.4, 0.5) is 0 Å². The summed E-state index contributed by atoms with van der Waals surface area (Å²) in [4.78, 5) is 25.7. The first-order chi connectivity index (χ1) is 14.0. The molecule has 8 rings (SSSR count). The van der Waals surface area contributed by atoms with Gasteiger partial charge < -0.3 is 10.6 Å². The number of amides is 2. The quantitative estimate of drug-likeness (QED) is 0.659. The third kappa shape index (κ3) is 3.33. The van der Waals surface area contributed by atoms with Gasteiger partial charge >= 0.3 is 0 Å². The Morgan fingerprint density at radius 3 is 1.62 bits per heavy atom. The average Bonchev–Trinajstić information content (AvgIpc) is 2.62. The molecule has 0 spiro atoms. The molecule has 29 heavy (non-hydrogen) atoms. The second kappa shape index (κ2) is 6.72. The Hall–Kier alpha value is -1.06. The van der Waals surface area contributed by atoms with Crippen LogP contribution in [0.5, 0.6) is 0 Å². The van der Waals surface area contributed by atoms with Crippen molar-refractivity contribution in [3.05, 3.63) is 0 Å². The first kappa shape index (κ1) is 18.7. The van der Waals surface area contributed by atoms with E-state index in [1.54, 1.807) is 0 Å². The summed E-state index contributed by atoms with van der Waals surface area (Å²) in [6.07, 6.45) is 16.7. The Morgan fingerprint density at radius 1 is 0.690 bits per heavy atom. The van der Waals surface area contributed by atoms with Gasteiger partial charge in [-0.2, -0.15) is 0 Å². The number of rotatable bonds is 6. The summed E-state index contributed by atoms with van der Waals surface area (Å²) in [5.41, 5.74) is 0.0600. The minimum atomic E-state index is -0.0593. The van der Waals surface area contributed by atoms with Crippen LogP contribution in [0.15, 0.2) is 0 Å². The minimum Gasteiger partial charge on any atom is -0.356 e. The molecule has 0 unspecified atom stereocenters. The highest BCUT2D eigenvalue weighted by Crippen LogP contribution is 2.60. The monoisotopic (exact) mass is 398 g/mol. The number of hydrogen-bond acceptors (Lipinski definition) is 2. The van der Waals surface area contributed by atoms with Crippen LogP contribution in [-0.4, -0.2) is 23.9 Å². The standard InChI is InChI=1S/C25H38N2O2/c28-22(27-25-13-19-7-20(14-25)9-21(8-19)15-25)2-1-3-26-23(29)24-10-16-4-17(11-24)6-18(5-16)12-24/h16-21H,1-15H2,(H,26,29)(H,27,28). The molecule has 8 aliphatic carbocycles. The molecule has 2 amide bonds. The Morgan fingerprint density at radius 2 is 1.14 bits per heavy atom. The lowest BCUT2D eigenvalue weighted by molar-refractivity contribution is -0.146. The van der Waals surface area contributed by atoms with E-state index in [0.29, 0.717) is 18.9 Å². The fourth-order valence-corrected chi connectivity index (χ4v) is 9.65. The molecule has 0 heterocycles.